The Balaban J connectivity index is 1.64. The summed E-state index contributed by atoms with van der Waals surface area (Å²) in [6.07, 6.45) is 0. The van der Waals surface area contributed by atoms with Crippen molar-refractivity contribution < 1.29 is 14.3 Å². The number of aromatic carboxylic acids is 1. The van der Waals surface area contributed by atoms with Crippen LogP contribution in [0.15, 0.2) is 77.2 Å². The molecule has 1 N–H and O–H groups in total. The zero-order valence-electron chi connectivity index (χ0n) is 14.8. The van der Waals surface area contributed by atoms with Crippen molar-refractivity contribution in [2.24, 2.45) is 0 Å². The summed E-state index contributed by atoms with van der Waals surface area (Å²) >= 11 is 0. The van der Waals surface area contributed by atoms with Crippen LogP contribution in [0.4, 0.5) is 5.69 Å². The molecule has 0 aliphatic heterocycles. The standard InChI is InChI=1S/C22H18N2O3/c1-24(14-15-6-3-2-4-7-15)18-10-11-19-20(13-18)27-21(23-19)16-8-5-9-17(12-16)22(25)26/h2-13H,14H2,1H3,(H,25,26). The van der Waals surface area contributed by atoms with Crippen LogP contribution in [0.2, 0.25) is 0 Å². The molecule has 0 atom stereocenters. The zero-order chi connectivity index (χ0) is 18.8. The van der Waals surface area contributed by atoms with Gasteiger partial charge in [0.15, 0.2) is 5.58 Å². The van der Waals surface area contributed by atoms with E-state index in [1.165, 1.54) is 5.56 Å². The maximum atomic E-state index is 11.2. The summed E-state index contributed by atoms with van der Waals surface area (Å²) in [5.41, 5.74) is 4.51. The second-order valence-electron chi connectivity index (χ2n) is 6.40. The van der Waals surface area contributed by atoms with Gasteiger partial charge in [-0.05, 0) is 35.9 Å². The molecule has 134 valence electrons. The summed E-state index contributed by atoms with van der Waals surface area (Å²) in [5, 5.41) is 9.16. The third-order valence-corrected chi connectivity index (χ3v) is 4.43. The van der Waals surface area contributed by atoms with Crippen LogP contribution in [0.1, 0.15) is 15.9 Å². The number of benzene rings is 3. The number of nitrogens with zero attached hydrogens (tertiary/aromatic N) is 2. The molecular weight excluding hydrogens is 340 g/mol. The van der Waals surface area contributed by atoms with E-state index in [0.717, 1.165) is 17.7 Å². The molecule has 0 unspecified atom stereocenters. The second-order valence-corrected chi connectivity index (χ2v) is 6.40. The molecule has 1 aromatic heterocycles. The van der Waals surface area contributed by atoms with Gasteiger partial charge in [0, 0.05) is 30.9 Å². The van der Waals surface area contributed by atoms with Gasteiger partial charge in [0.05, 0.1) is 5.56 Å². The molecule has 0 bridgehead atoms. The first-order chi connectivity index (χ1) is 13.1. The minimum Gasteiger partial charge on any atom is -0.478 e. The average Bonchev–Trinajstić information content (AvgIpc) is 3.12. The summed E-state index contributed by atoms with van der Waals surface area (Å²) in [6, 6.07) is 22.7. The first-order valence-corrected chi connectivity index (χ1v) is 8.59. The van der Waals surface area contributed by atoms with E-state index >= 15 is 0 Å². The highest BCUT2D eigenvalue weighted by atomic mass is 16.4. The number of carboxylic acids is 1. The van der Waals surface area contributed by atoms with Gasteiger partial charge in [0.2, 0.25) is 5.89 Å². The van der Waals surface area contributed by atoms with E-state index < -0.39 is 5.97 Å². The maximum Gasteiger partial charge on any atom is 0.335 e. The largest absolute Gasteiger partial charge is 0.478 e. The van der Waals surface area contributed by atoms with E-state index in [0.29, 0.717) is 17.0 Å². The van der Waals surface area contributed by atoms with Gasteiger partial charge in [-0.1, -0.05) is 36.4 Å². The van der Waals surface area contributed by atoms with Gasteiger partial charge < -0.3 is 14.4 Å². The van der Waals surface area contributed by atoms with Crippen LogP contribution >= 0.6 is 0 Å². The maximum absolute atomic E-state index is 11.2. The lowest BCUT2D eigenvalue weighted by molar-refractivity contribution is 0.0697. The summed E-state index contributed by atoms with van der Waals surface area (Å²) in [7, 11) is 2.03. The third kappa shape index (κ3) is 3.53. The quantitative estimate of drug-likeness (QED) is 0.553. The molecule has 0 saturated carbocycles. The number of carboxylic acid groups (broad SMARTS) is 1. The summed E-state index contributed by atoms with van der Waals surface area (Å²) in [4.78, 5) is 17.8. The van der Waals surface area contributed by atoms with Crippen molar-refractivity contribution in [1.29, 1.82) is 0 Å². The van der Waals surface area contributed by atoms with Crippen LogP contribution in [0.5, 0.6) is 0 Å². The Morgan fingerprint density at radius 2 is 1.85 bits per heavy atom. The van der Waals surface area contributed by atoms with E-state index in [4.69, 9.17) is 9.52 Å². The molecule has 0 fully saturated rings. The number of rotatable bonds is 5. The first-order valence-electron chi connectivity index (χ1n) is 8.59. The predicted molar refractivity (Wildman–Crippen MR) is 105 cm³/mol. The lowest BCUT2D eigenvalue weighted by Crippen LogP contribution is -2.15. The Labute approximate surface area is 156 Å². The topological polar surface area (TPSA) is 66.6 Å². The Morgan fingerprint density at radius 1 is 1.04 bits per heavy atom. The SMILES string of the molecule is CN(Cc1ccccc1)c1ccc2nc(-c3cccc(C(=O)O)c3)oc2c1. The molecule has 5 nitrogen and oxygen atoms in total. The zero-order valence-corrected chi connectivity index (χ0v) is 14.8. The highest BCUT2D eigenvalue weighted by molar-refractivity contribution is 5.89. The van der Waals surface area contributed by atoms with E-state index in [9.17, 15) is 4.79 Å². The molecule has 27 heavy (non-hydrogen) atoms. The summed E-state index contributed by atoms with van der Waals surface area (Å²) in [6.45, 7) is 0.786. The molecule has 4 aromatic rings. The Bertz CT molecular complexity index is 1100. The third-order valence-electron chi connectivity index (χ3n) is 4.43. The lowest BCUT2D eigenvalue weighted by Gasteiger charge is -2.19. The molecule has 1 heterocycles. The minimum absolute atomic E-state index is 0.207. The summed E-state index contributed by atoms with van der Waals surface area (Å²) < 4.78 is 5.90. The average molecular weight is 358 g/mol. The monoisotopic (exact) mass is 358 g/mol. The number of oxazole rings is 1. The van der Waals surface area contributed by atoms with Crippen LogP contribution in [0.25, 0.3) is 22.6 Å². The van der Waals surface area contributed by atoms with Crippen LogP contribution in [0, 0.1) is 0 Å². The summed E-state index contributed by atoms with van der Waals surface area (Å²) in [5.74, 6) is -0.561. The molecule has 4 rings (SSSR count). The van der Waals surface area contributed by atoms with Gasteiger partial charge in [-0.25, -0.2) is 9.78 Å². The molecule has 3 aromatic carbocycles. The van der Waals surface area contributed by atoms with Crippen molar-refractivity contribution in [3.05, 3.63) is 83.9 Å². The normalized spacial score (nSPS) is 10.9. The van der Waals surface area contributed by atoms with Crippen molar-refractivity contribution in [2.75, 3.05) is 11.9 Å². The Kier molecular flexibility index (Phi) is 4.34. The van der Waals surface area contributed by atoms with E-state index in [1.54, 1.807) is 24.3 Å². The minimum atomic E-state index is -0.974. The van der Waals surface area contributed by atoms with E-state index in [-0.39, 0.29) is 5.56 Å². The Hall–Kier alpha value is -3.60. The fourth-order valence-electron chi connectivity index (χ4n) is 3.01. The fourth-order valence-corrected chi connectivity index (χ4v) is 3.01. The van der Waals surface area contributed by atoms with Crippen LogP contribution < -0.4 is 4.90 Å². The van der Waals surface area contributed by atoms with Crippen LogP contribution in [-0.2, 0) is 6.54 Å². The van der Waals surface area contributed by atoms with Crippen LogP contribution in [0.3, 0.4) is 0 Å². The molecule has 0 aliphatic carbocycles. The number of anilines is 1. The van der Waals surface area contributed by atoms with Crippen molar-refractivity contribution in [2.45, 2.75) is 6.54 Å². The van der Waals surface area contributed by atoms with Crippen molar-refractivity contribution >= 4 is 22.8 Å². The highest BCUT2D eigenvalue weighted by Crippen LogP contribution is 2.28. The van der Waals surface area contributed by atoms with Gasteiger partial charge in [0.25, 0.3) is 0 Å². The molecule has 0 amide bonds. The molecule has 0 spiro atoms. The lowest BCUT2D eigenvalue weighted by atomic mass is 10.1. The molecule has 0 saturated heterocycles. The molecule has 0 aliphatic rings. The Morgan fingerprint density at radius 3 is 2.63 bits per heavy atom. The predicted octanol–water partition coefficient (Wildman–Crippen LogP) is 4.83. The van der Waals surface area contributed by atoms with Gasteiger partial charge in [-0.15, -0.1) is 0 Å². The van der Waals surface area contributed by atoms with E-state index in [2.05, 4.69) is 22.0 Å². The second kappa shape index (κ2) is 6.96. The van der Waals surface area contributed by atoms with Gasteiger partial charge in [-0.2, -0.15) is 0 Å². The molecule has 0 radical (unpaired) electrons. The molecular formula is C22H18N2O3. The van der Waals surface area contributed by atoms with Gasteiger partial charge >= 0.3 is 5.97 Å². The van der Waals surface area contributed by atoms with E-state index in [1.807, 2.05) is 43.4 Å². The van der Waals surface area contributed by atoms with Gasteiger partial charge in [-0.3, -0.25) is 0 Å². The molecule has 5 heteroatoms. The smallest absolute Gasteiger partial charge is 0.335 e. The van der Waals surface area contributed by atoms with Gasteiger partial charge in [0.1, 0.15) is 5.52 Å². The number of fused-ring (bicyclic) bond motifs is 1. The van der Waals surface area contributed by atoms with Crippen molar-refractivity contribution in [1.82, 2.24) is 4.98 Å². The first kappa shape index (κ1) is 16.8. The van der Waals surface area contributed by atoms with Crippen molar-refractivity contribution in [3.63, 3.8) is 0 Å². The van der Waals surface area contributed by atoms with Crippen LogP contribution in [-0.4, -0.2) is 23.1 Å². The number of hydrogen-bond donors (Lipinski definition) is 1. The van der Waals surface area contributed by atoms with Crippen molar-refractivity contribution in [3.8, 4) is 11.5 Å². The highest BCUT2D eigenvalue weighted by Gasteiger charge is 2.12. The number of aromatic nitrogens is 1. The number of carbonyl (C=O) groups is 1. The fraction of sp³-hybridized carbons (Fsp3) is 0.0909. The number of hydrogen-bond acceptors (Lipinski definition) is 4.